The molecule has 0 radical (unpaired) electrons. The maximum Gasteiger partial charge on any atom is 0.573 e. The molecule has 3 rings (SSSR count). The van der Waals surface area contributed by atoms with Crippen LogP contribution >= 0.6 is 0 Å². The quantitative estimate of drug-likeness (QED) is 0.394. The molecule has 1 heterocycles. The van der Waals surface area contributed by atoms with Crippen molar-refractivity contribution in [2.24, 2.45) is 0 Å². The number of aromatic nitrogens is 2. The van der Waals surface area contributed by atoms with Crippen molar-refractivity contribution in [2.75, 3.05) is 40.4 Å². The molecular weight excluding hydrogens is 437 g/mol. The Balaban J connectivity index is 1.46. The monoisotopic (exact) mass is 464 g/mol. The van der Waals surface area contributed by atoms with Gasteiger partial charge in [0.25, 0.3) is 0 Å². The fourth-order valence-corrected chi connectivity index (χ4v) is 3.13. The topological polar surface area (TPSA) is 71.6 Å². The molecule has 0 aliphatic rings. The second kappa shape index (κ2) is 11.6. The van der Waals surface area contributed by atoms with Crippen LogP contribution in [0.2, 0.25) is 0 Å². The molecule has 2 aromatic carbocycles. The summed E-state index contributed by atoms with van der Waals surface area (Å²) >= 11 is 0. The molecule has 0 aliphatic heterocycles. The smallest absolute Gasteiger partial charge is 0.490 e. The lowest BCUT2D eigenvalue weighted by Crippen LogP contribution is -2.26. The molecule has 0 unspecified atom stereocenters. The van der Waals surface area contributed by atoms with E-state index in [9.17, 15) is 13.2 Å². The zero-order valence-electron chi connectivity index (χ0n) is 18.5. The van der Waals surface area contributed by atoms with E-state index in [1.165, 1.54) is 24.3 Å². The van der Waals surface area contributed by atoms with Crippen molar-refractivity contribution in [3.63, 3.8) is 0 Å². The summed E-state index contributed by atoms with van der Waals surface area (Å²) in [6.07, 6.45) is -2.87. The fraction of sp³-hybridized carbons (Fsp3) is 0.348. The molecule has 10 heteroatoms. The Kier molecular flexibility index (Phi) is 8.56. The second-order valence-electron chi connectivity index (χ2n) is 7.35. The first-order valence-electron chi connectivity index (χ1n) is 10.4. The third-order valence-electron chi connectivity index (χ3n) is 4.72. The van der Waals surface area contributed by atoms with Crippen LogP contribution < -0.4 is 19.5 Å². The summed E-state index contributed by atoms with van der Waals surface area (Å²) in [5, 5.41) is 10.4. The first-order chi connectivity index (χ1) is 15.8. The number of nitrogens with zero attached hydrogens (tertiary/aromatic N) is 2. The molecule has 0 aliphatic carbocycles. The van der Waals surface area contributed by atoms with Crippen LogP contribution in [0.25, 0.3) is 11.3 Å². The van der Waals surface area contributed by atoms with E-state index in [0.29, 0.717) is 11.5 Å². The van der Waals surface area contributed by atoms with Gasteiger partial charge < -0.3 is 24.4 Å². The number of H-pyrrole nitrogens is 1. The summed E-state index contributed by atoms with van der Waals surface area (Å²) in [6.45, 7) is 3.15. The number of nitrogens with one attached hydrogen (secondary N) is 2. The first kappa shape index (κ1) is 24.4. The number of aromatic amines is 1. The molecule has 3 aromatic rings. The summed E-state index contributed by atoms with van der Waals surface area (Å²) in [7, 11) is 4.00. The van der Waals surface area contributed by atoms with Gasteiger partial charge in [0.2, 0.25) is 0 Å². The first-order valence-corrected chi connectivity index (χ1v) is 10.4. The highest BCUT2D eigenvalue weighted by Gasteiger charge is 2.30. The summed E-state index contributed by atoms with van der Waals surface area (Å²) in [4.78, 5) is 2.22. The van der Waals surface area contributed by atoms with Gasteiger partial charge in [-0.2, -0.15) is 5.10 Å². The zero-order chi connectivity index (χ0) is 23.7. The number of alkyl halides is 3. The molecule has 0 amide bonds. The van der Waals surface area contributed by atoms with Crippen molar-refractivity contribution >= 4 is 0 Å². The van der Waals surface area contributed by atoms with Crippen LogP contribution in [0.4, 0.5) is 13.2 Å². The maximum absolute atomic E-state index is 12.2. The average Bonchev–Trinajstić information content (AvgIpc) is 3.24. The minimum absolute atomic E-state index is 0.241. The third kappa shape index (κ3) is 7.99. The molecule has 178 valence electrons. The maximum atomic E-state index is 12.2. The van der Waals surface area contributed by atoms with E-state index in [2.05, 4.69) is 32.2 Å². The summed E-state index contributed by atoms with van der Waals surface area (Å²) in [5.74, 6) is 0.814. The van der Waals surface area contributed by atoms with Gasteiger partial charge >= 0.3 is 6.36 Å². The number of hydrogen-bond donors (Lipinski definition) is 2. The number of halogens is 3. The Labute approximate surface area is 190 Å². The zero-order valence-corrected chi connectivity index (χ0v) is 18.5. The number of hydrogen-bond acceptors (Lipinski definition) is 6. The number of benzene rings is 2. The van der Waals surface area contributed by atoms with Crippen molar-refractivity contribution in [3.05, 3.63) is 60.3 Å². The highest BCUT2D eigenvalue weighted by molar-refractivity contribution is 5.63. The predicted octanol–water partition coefficient (Wildman–Crippen LogP) is 4.08. The SMILES string of the molecule is CNCCN(C)Cc1cn[nH]c1-c1ccc(OCCOc2ccc(OC(F)(F)F)cc2)cc1. The van der Waals surface area contributed by atoms with Crippen LogP contribution in [-0.2, 0) is 6.54 Å². The van der Waals surface area contributed by atoms with E-state index in [4.69, 9.17) is 9.47 Å². The van der Waals surface area contributed by atoms with E-state index in [-0.39, 0.29) is 19.0 Å². The van der Waals surface area contributed by atoms with Gasteiger partial charge in [0.05, 0.1) is 11.9 Å². The molecule has 0 fully saturated rings. The molecular formula is C23H27F3N4O3. The Morgan fingerprint density at radius 1 is 0.939 bits per heavy atom. The normalized spacial score (nSPS) is 11.6. The van der Waals surface area contributed by atoms with Crippen molar-refractivity contribution < 1.29 is 27.4 Å². The lowest BCUT2D eigenvalue weighted by atomic mass is 10.1. The predicted molar refractivity (Wildman–Crippen MR) is 118 cm³/mol. The molecule has 0 saturated carbocycles. The molecule has 1 aromatic heterocycles. The minimum Gasteiger partial charge on any atom is -0.490 e. The second-order valence-corrected chi connectivity index (χ2v) is 7.35. The standard InChI is InChI=1S/C23H27F3N4O3/c1-27-11-12-30(2)16-18-15-28-29-22(18)17-3-5-19(6-4-17)31-13-14-32-20-7-9-21(10-8-20)33-23(24,25)26/h3-10,15,27H,11-14,16H2,1-2H3,(H,28,29). The summed E-state index contributed by atoms with van der Waals surface area (Å²) in [5.41, 5.74) is 3.09. The van der Waals surface area contributed by atoms with Crippen LogP contribution in [0.3, 0.4) is 0 Å². The van der Waals surface area contributed by atoms with Crippen LogP contribution in [0.5, 0.6) is 17.2 Å². The van der Waals surface area contributed by atoms with E-state index >= 15 is 0 Å². The molecule has 0 spiro atoms. The summed E-state index contributed by atoms with van der Waals surface area (Å²) in [6, 6.07) is 12.9. The van der Waals surface area contributed by atoms with Crippen LogP contribution in [0.15, 0.2) is 54.7 Å². The molecule has 0 saturated heterocycles. The van der Waals surface area contributed by atoms with Gasteiger partial charge in [-0.3, -0.25) is 5.10 Å². The summed E-state index contributed by atoms with van der Waals surface area (Å²) < 4.78 is 51.6. The Hall–Kier alpha value is -3.24. The van der Waals surface area contributed by atoms with E-state index in [1.54, 1.807) is 0 Å². The Bertz CT molecular complexity index is 976. The molecule has 0 bridgehead atoms. The molecule has 7 nitrogen and oxygen atoms in total. The van der Waals surface area contributed by atoms with Crippen LogP contribution in [-0.4, -0.2) is 61.9 Å². The lowest BCUT2D eigenvalue weighted by Gasteiger charge is -2.16. The van der Waals surface area contributed by atoms with Crippen molar-refractivity contribution in [1.82, 2.24) is 20.4 Å². The van der Waals surface area contributed by atoms with Gasteiger partial charge in [0.1, 0.15) is 30.5 Å². The molecule has 2 N–H and O–H groups in total. The van der Waals surface area contributed by atoms with E-state index in [0.717, 1.165) is 36.5 Å². The largest absolute Gasteiger partial charge is 0.573 e. The highest BCUT2D eigenvalue weighted by atomic mass is 19.4. The van der Waals surface area contributed by atoms with Gasteiger partial charge in [-0.05, 0) is 62.6 Å². The molecule has 33 heavy (non-hydrogen) atoms. The fourth-order valence-electron chi connectivity index (χ4n) is 3.13. The number of likely N-dealkylation sites (N-methyl/N-ethyl adjacent to an activating group) is 2. The van der Waals surface area contributed by atoms with Crippen molar-refractivity contribution in [1.29, 1.82) is 0 Å². The molecule has 0 atom stereocenters. The van der Waals surface area contributed by atoms with Gasteiger partial charge in [0, 0.05) is 30.8 Å². The van der Waals surface area contributed by atoms with Gasteiger partial charge in [-0.15, -0.1) is 13.2 Å². The van der Waals surface area contributed by atoms with E-state index in [1.807, 2.05) is 37.5 Å². The third-order valence-corrected chi connectivity index (χ3v) is 4.72. The van der Waals surface area contributed by atoms with E-state index < -0.39 is 6.36 Å². The van der Waals surface area contributed by atoms with Crippen LogP contribution in [0.1, 0.15) is 5.56 Å². The Morgan fingerprint density at radius 2 is 1.52 bits per heavy atom. The van der Waals surface area contributed by atoms with Gasteiger partial charge in [-0.1, -0.05) is 0 Å². The van der Waals surface area contributed by atoms with Crippen molar-refractivity contribution in [3.8, 4) is 28.5 Å². The van der Waals surface area contributed by atoms with Gasteiger partial charge in [0.15, 0.2) is 0 Å². The van der Waals surface area contributed by atoms with Gasteiger partial charge in [-0.25, -0.2) is 0 Å². The number of rotatable bonds is 12. The number of ether oxygens (including phenoxy) is 3. The highest BCUT2D eigenvalue weighted by Crippen LogP contribution is 2.26. The lowest BCUT2D eigenvalue weighted by molar-refractivity contribution is -0.274. The van der Waals surface area contributed by atoms with Crippen LogP contribution in [0, 0.1) is 0 Å². The Morgan fingerprint density at radius 3 is 2.09 bits per heavy atom. The van der Waals surface area contributed by atoms with Crippen molar-refractivity contribution in [2.45, 2.75) is 12.9 Å². The minimum atomic E-state index is -4.71. The average molecular weight is 464 g/mol.